The van der Waals surface area contributed by atoms with Crippen molar-refractivity contribution in [3.63, 3.8) is 0 Å². The number of thiophene rings is 1. The predicted molar refractivity (Wildman–Crippen MR) is 103 cm³/mol. The molecule has 8 heteroatoms. The van der Waals surface area contributed by atoms with Gasteiger partial charge in [-0.25, -0.2) is 9.78 Å². The van der Waals surface area contributed by atoms with Crippen LogP contribution in [0.2, 0.25) is 0 Å². The zero-order chi connectivity index (χ0) is 18.8. The van der Waals surface area contributed by atoms with E-state index in [0.29, 0.717) is 28.6 Å². The number of hydrogen-bond acceptors (Lipinski definition) is 7. The maximum atomic E-state index is 12.9. The van der Waals surface area contributed by atoms with Crippen LogP contribution in [0.3, 0.4) is 0 Å². The summed E-state index contributed by atoms with van der Waals surface area (Å²) in [5.41, 5.74) is 0.916. The van der Waals surface area contributed by atoms with Crippen LogP contribution in [0.1, 0.15) is 26.8 Å². The molecule has 3 rings (SSSR count). The molecule has 3 heterocycles. The van der Waals surface area contributed by atoms with Gasteiger partial charge in [-0.3, -0.25) is 9.36 Å². The van der Waals surface area contributed by atoms with Crippen molar-refractivity contribution in [1.29, 1.82) is 0 Å². The number of nitrogens with zero attached hydrogens (tertiary/aromatic N) is 2. The molecule has 0 saturated heterocycles. The number of thioether (sulfide) groups is 1. The van der Waals surface area contributed by atoms with E-state index < -0.39 is 5.97 Å². The topological polar surface area (TPSA) is 74.3 Å². The average Bonchev–Trinajstić information content (AvgIpc) is 3.20. The van der Waals surface area contributed by atoms with Crippen LogP contribution in [0.4, 0.5) is 0 Å². The molecule has 3 aromatic rings. The second-order valence-corrected chi connectivity index (χ2v) is 7.75. The van der Waals surface area contributed by atoms with Gasteiger partial charge in [0.25, 0.3) is 5.56 Å². The van der Waals surface area contributed by atoms with Gasteiger partial charge in [0.15, 0.2) is 5.16 Å². The lowest BCUT2D eigenvalue weighted by Crippen LogP contribution is -2.22. The van der Waals surface area contributed by atoms with Crippen molar-refractivity contribution in [1.82, 2.24) is 9.55 Å². The summed E-state index contributed by atoms with van der Waals surface area (Å²) < 4.78 is 11.7. The molecule has 0 aromatic carbocycles. The minimum Gasteiger partial charge on any atom is -0.463 e. The van der Waals surface area contributed by atoms with Crippen LogP contribution in [-0.4, -0.2) is 22.6 Å². The maximum absolute atomic E-state index is 12.9. The summed E-state index contributed by atoms with van der Waals surface area (Å²) in [4.78, 5) is 30.9. The minimum absolute atomic E-state index is 0.0612. The lowest BCUT2D eigenvalue weighted by atomic mass is 10.2. The lowest BCUT2D eigenvalue weighted by Gasteiger charge is -2.09. The van der Waals surface area contributed by atoms with E-state index in [1.165, 1.54) is 30.2 Å². The number of aromatic nitrogens is 2. The van der Waals surface area contributed by atoms with Gasteiger partial charge in [0, 0.05) is 11.4 Å². The molecule has 0 unspecified atom stereocenters. The number of esters is 1. The number of allylic oxidation sites excluding steroid dienone is 1. The van der Waals surface area contributed by atoms with Crippen LogP contribution < -0.4 is 5.56 Å². The van der Waals surface area contributed by atoms with E-state index >= 15 is 0 Å². The van der Waals surface area contributed by atoms with Gasteiger partial charge in [0.2, 0.25) is 5.76 Å². The summed E-state index contributed by atoms with van der Waals surface area (Å²) in [7, 11) is 1.30. The highest BCUT2D eigenvalue weighted by atomic mass is 32.2. The summed E-state index contributed by atoms with van der Waals surface area (Å²) in [5.74, 6) is 0.678. The van der Waals surface area contributed by atoms with E-state index in [-0.39, 0.29) is 11.3 Å². The van der Waals surface area contributed by atoms with Crippen molar-refractivity contribution < 1.29 is 13.9 Å². The maximum Gasteiger partial charge on any atom is 0.373 e. The zero-order valence-electron chi connectivity index (χ0n) is 14.7. The van der Waals surface area contributed by atoms with E-state index in [9.17, 15) is 9.59 Å². The van der Waals surface area contributed by atoms with Crippen molar-refractivity contribution in [2.45, 2.75) is 31.3 Å². The Morgan fingerprint density at radius 1 is 1.46 bits per heavy atom. The third-order valence-corrected chi connectivity index (χ3v) is 6.06. The number of furan rings is 1. The first-order valence-electron chi connectivity index (χ1n) is 7.87. The third-order valence-electron chi connectivity index (χ3n) is 3.96. The molecule has 26 heavy (non-hydrogen) atoms. The monoisotopic (exact) mass is 390 g/mol. The van der Waals surface area contributed by atoms with Gasteiger partial charge in [-0.05, 0) is 31.5 Å². The normalized spacial score (nSPS) is 11.0. The largest absolute Gasteiger partial charge is 0.463 e. The Hall–Kier alpha value is -2.32. The summed E-state index contributed by atoms with van der Waals surface area (Å²) in [6.45, 7) is 8.04. The highest BCUT2D eigenvalue weighted by Crippen LogP contribution is 2.29. The van der Waals surface area contributed by atoms with Crippen molar-refractivity contribution in [2.75, 3.05) is 7.11 Å². The second-order valence-electron chi connectivity index (χ2n) is 5.61. The molecule has 0 spiro atoms. The van der Waals surface area contributed by atoms with Gasteiger partial charge >= 0.3 is 5.97 Å². The predicted octanol–water partition coefficient (Wildman–Crippen LogP) is 3.93. The third kappa shape index (κ3) is 3.34. The van der Waals surface area contributed by atoms with Crippen molar-refractivity contribution in [3.8, 4) is 0 Å². The van der Waals surface area contributed by atoms with Crippen molar-refractivity contribution >= 4 is 39.3 Å². The number of hydrogen-bond donors (Lipinski definition) is 0. The minimum atomic E-state index is -0.520. The van der Waals surface area contributed by atoms with E-state index in [0.717, 1.165) is 15.3 Å². The summed E-state index contributed by atoms with van der Waals surface area (Å²) in [6.07, 6.45) is 1.68. The van der Waals surface area contributed by atoms with Gasteiger partial charge in [0.1, 0.15) is 10.6 Å². The fraction of sp³-hybridized carbons (Fsp3) is 0.278. The number of rotatable bonds is 6. The number of carbonyl (C=O) groups excluding carboxylic acids is 1. The first-order valence-corrected chi connectivity index (χ1v) is 9.67. The molecule has 0 amide bonds. The van der Waals surface area contributed by atoms with Crippen molar-refractivity contribution in [2.24, 2.45) is 0 Å². The molecule has 0 fully saturated rings. The Balaban J connectivity index is 1.95. The van der Waals surface area contributed by atoms with Gasteiger partial charge in [0.05, 0.1) is 18.2 Å². The first-order chi connectivity index (χ1) is 12.5. The number of methoxy groups -OCH3 is 1. The highest BCUT2D eigenvalue weighted by molar-refractivity contribution is 7.98. The molecule has 0 atom stereocenters. The van der Waals surface area contributed by atoms with Crippen LogP contribution in [0.25, 0.3) is 10.2 Å². The fourth-order valence-electron chi connectivity index (χ4n) is 2.51. The molecule has 0 N–H and O–H groups in total. The van der Waals surface area contributed by atoms with E-state index in [2.05, 4.69) is 16.3 Å². The van der Waals surface area contributed by atoms with E-state index in [1.54, 1.807) is 22.8 Å². The molecule has 0 saturated carbocycles. The smallest absolute Gasteiger partial charge is 0.373 e. The summed E-state index contributed by atoms with van der Waals surface area (Å²) >= 11 is 2.90. The lowest BCUT2D eigenvalue weighted by molar-refractivity contribution is 0.0563. The van der Waals surface area contributed by atoms with Gasteiger partial charge < -0.3 is 9.15 Å². The van der Waals surface area contributed by atoms with Crippen molar-refractivity contribution in [3.05, 3.63) is 57.1 Å². The second kappa shape index (κ2) is 7.51. The average molecular weight is 390 g/mol. The number of ether oxygens (including phenoxy) is 1. The van der Waals surface area contributed by atoms with E-state index in [1.807, 2.05) is 13.8 Å². The molecule has 3 aromatic heterocycles. The fourth-order valence-corrected chi connectivity index (χ4v) is 4.48. The molecular weight excluding hydrogens is 372 g/mol. The molecule has 0 aliphatic rings. The molecular formula is C18H18N2O4S2. The molecule has 0 bridgehead atoms. The molecule has 136 valence electrons. The Morgan fingerprint density at radius 3 is 2.92 bits per heavy atom. The summed E-state index contributed by atoms with van der Waals surface area (Å²) in [6, 6.07) is 3.29. The Morgan fingerprint density at radius 2 is 2.23 bits per heavy atom. The van der Waals surface area contributed by atoms with Crippen LogP contribution in [0, 0.1) is 13.8 Å². The van der Waals surface area contributed by atoms with Gasteiger partial charge in [-0.2, -0.15) is 0 Å². The van der Waals surface area contributed by atoms with Crippen LogP contribution in [0.15, 0.2) is 39.2 Å². The van der Waals surface area contributed by atoms with Crippen LogP contribution >= 0.6 is 23.1 Å². The number of aryl methyl sites for hydroxylation is 2. The van der Waals surface area contributed by atoms with E-state index in [4.69, 9.17) is 4.42 Å². The Bertz CT molecular complexity index is 1050. The number of carbonyl (C=O) groups is 1. The molecule has 0 aliphatic heterocycles. The quantitative estimate of drug-likeness (QED) is 0.275. The number of fused-ring (bicyclic) bond motifs is 1. The Kier molecular flexibility index (Phi) is 5.33. The zero-order valence-corrected chi connectivity index (χ0v) is 16.3. The molecule has 0 radical (unpaired) electrons. The Labute approximate surface area is 158 Å². The highest BCUT2D eigenvalue weighted by Gasteiger charge is 2.17. The van der Waals surface area contributed by atoms with Crippen LogP contribution in [0.5, 0.6) is 0 Å². The standard InChI is InChI=1S/C18H18N2O4S2/c1-5-8-20-16(21)14-10(2)11(3)26-15(14)19-18(20)25-9-12-6-7-13(24-12)17(22)23-4/h5-7H,1,8-9H2,2-4H3. The first kappa shape index (κ1) is 18.5. The molecule has 0 aliphatic carbocycles. The van der Waals surface area contributed by atoms with Gasteiger partial charge in [-0.15, -0.1) is 17.9 Å². The summed E-state index contributed by atoms with van der Waals surface area (Å²) in [5, 5.41) is 1.27. The van der Waals surface area contributed by atoms with Crippen LogP contribution in [-0.2, 0) is 17.0 Å². The molecule has 6 nitrogen and oxygen atoms in total. The SMILES string of the molecule is C=CCn1c(SCc2ccc(C(=O)OC)o2)nc2sc(C)c(C)c2c1=O. The van der Waals surface area contributed by atoms with Gasteiger partial charge in [-0.1, -0.05) is 17.8 Å².